The molecule has 0 saturated carbocycles. The minimum atomic E-state index is -4.84. The van der Waals surface area contributed by atoms with Crippen LogP contribution in [0.3, 0.4) is 0 Å². The lowest BCUT2D eigenvalue weighted by atomic mass is 10.0. The number of ether oxygens (including phenoxy) is 2. The molecule has 0 aliphatic carbocycles. The van der Waals surface area contributed by atoms with Gasteiger partial charge in [0.25, 0.3) is 0 Å². The summed E-state index contributed by atoms with van der Waals surface area (Å²) in [5.74, 6) is -0.419. The molecule has 5 N–H and O–H groups in total. The number of phosphoric acid groups is 1. The minimum absolute atomic E-state index is 0.0858. The molecule has 0 amide bonds. The van der Waals surface area contributed by atoms with Gasteiger partial charge in [0.1, 0.15) is 6.61 Å². The van der Waals surface area contributed by atoms with E-state index in [9.17, 15) is 29.5 Å². The molecule has 0 bridgehead atoms. The highest BCUT2D eigenvalue weighted by molar-refractivity contribution is 7.46. The summed E-state index contributed by atoms with van der Waals surface area (Å²) in [4.78, 5) is 42.8. The zero-order valence-corrected chi connectivity index (χ0v) is 33.8. The molecular formula is C41H73O11P. The van der Waals surface area contributed by atoms with Crippen molar-refractivity contribution in [3.63, 3.8) is 0 Å². The summed E-state index contributed by atoms with van der Waals surface area (Å²) in [5, 5.41) is 30.3. The van der Waals surface area contributed by atoms with E-state index in [-0.39, 0.29) is 25.7 Å². The molecule has 53 heavy (non-hydrogen) atoms. The van der Waals surface area contributed by atoms with Crippen LogP contribution in [0.15, 0.2) is 48.6 Å². The highest BCUT2D eigenvalue weighted by Gasteiger charge is 2.23. The zero-order valence-electron chi connectivity index (χ0n) is 32.9. The number of carbonyl (C=O) groups excluding carboxylic acids is 2. The second-order valence-electron chi connectivity index (χ2n) is 14.3. The van der Waals surface area contributed by atoms with Gasteiger partial charge in [-0.2, -0.15) is 0 Å². The number of allylic oxidation sites excluding steroid dienone is 6. The topological polar surface area (TPSA) is 180 Å². The van der Waals surface area contributed by atoms with E-state index < -0.39 is 57.4 Å². The molecule has 0 aromatic carbocycles. The van der Waals surface area contributed by atoms with Crippen LogP contribution >= 0.6 is 7.82 Å². The molecule has 0 saturated heterocycles. The Morgan fingerprint density at radius 1 is 0.604 bits per heavy atom. The van der Waals surface area contributed by atoms with Crippen LogP contribution in [0.4, 0.5) is 0 Å². The molecule has 0 unspecified atom stereocenters. The number of phosphoric ester groups is 1. The summed E-state index contributed by atoms with van der Waals surface area (Å²) in [6.07, 6.45) is 29.2. The first-order valence-electron chi connectivity index (χ1n) is 20.1. The number of hydrogen-bond acceptors (Lipinski definition) is 9. The molecule has 0 aliphatic rings. The predicted molar refractivity (Wildman–Crippen MR) is 211 cm³/mol. The average molecular weight is 773 g/mol. The molecule has 308 valence electrons. The standard InChI is InChI=1S/C41H73O11P/c1-4-5-20-27-36(42)28-22-17-14-15-18-23-29-38(43)39(44)30-25-32-40(45)50-33-37(34-51-53(47,48)49)52-41(46)31-24-19-13-11-9-7-6-8-10-12-16-21-26-35(2)3/h14-15,17-18,22-23,28-29,35-39,42-44H,4-13,16,19-21,24-27,30-34H2,1-3H3,(H2,47,48,49)/b17-14-,18-15+,28-22+,29-23+/t36-,37-,38-,39-/m1/s1. The zero-order chi connectivity index (χ0) is 39.6. The second kappa shape index (κ2) is 34.4. The van der Waals surface area contributed by atoms with E-state index in [4.69, 9.17) is 19.3 Å². The Morgan fingerprint density at radius 2 is 1.11 bits per heavy atom. The number of carbonyl (C=O) groups is 2. The summed E-state index contributed by atoms with van der Waals surface area (Å²) < 4.78 is 26.1. The third kappa shape index (κ3) is 36.6. The van der Waals surface area contributed by atoms with Gasteiger partial charge in [0.05, 0.1) is 24.9 Å². The molecule has 0 spiro atoms. The number of aliphatic hydroxyl groups is 3. The summed E-state index contributed by atoms with van der Waals surface area (Å²) in [5.41, 5.74) is 0. The van der Waals surface area contributed by atoms with Crippen molar-refractivity contribution >= 4 is 19.8 Å². The van der Waals surface area contributed by atoms with Crippen LogP contribution in [-0.2, 0) is 28.2 Å². The average Bonchev–Trinajstić information content (AvgIpc) is 3.10. The molecule has 0 radical (unpaired) electrons. The van der Waals surface area contributed by atoms with Gasteiger partial charge < -0.3 is 34.6 Å². The van der Waals surface area contributed by atoms with Crippen LogP contribution in [0, 0.1) is 5.92 Å². The van der Waals surface area contributed by atoms with E-state index >= 15 is 0 Å². The summed E-state index contributed by atoms with van der Waals surface area (Å²) in [6, 6.07) is 0. The van der Waals surface area contributed by atoms with Gasteiger partial charge in [-0.3, -0.25) is 14.1 Å². The Kier molecular flexibility index (Phi) is 33.0. The van der Waals surface area contributed by atoms with Crippen molar-refractivity contribution in [1.29, 1.82) is 0 Å². The van der Waals surface area contributed by atoms with E-state index in [1.54, 1.807) is 42.5 Å². The molecule has 0 heterocycles. The Morgan fingerprint density at radius 3 is 1.68 bits per heavy atom. The number of esters is 2. The third-order valence-electron chi connectivity index (χ3n) is 8.64. The van der Waals surface area contributed by atoms with Crippen LogP contribution in [-0.4, -0.2) is 74.7 Å². The Hall–Kier alpha value is -2.11. The van der Waals surface area contributed by atoms with Crippen molar-refractivity contribution < 1.29 is 53.3 Å². The van der Waals surface area contributed by atoms with Gasteiger partial charge in [-0.15, -0.1) is 0 Å². The molecule has 4 atom stereocenters. The Labute approximate surface area is 320 Å². The molecule has 0 aromatic heterocycles. The molecule has 0 aromatic rings. The quantitative estimate of drug-likeness (QED) is 0.0180. The minimum Gasteiger partial charge on any atom is -0.462 e. The second-order valence-corrected chi connectivity index (χ2v) is 15.5. The number of hydrogen-bond donors (Lipinski definition) is 5. The Balaban J connectivity index is 4.28. The van der Waals surface area contributed by atoms with Crippen LogP contribution in [0.5, 0.6) is 0 Å². The molecule has 0 rings (SSSR count). The fourth-order valence-corrected chi connectivity index (χ4v) is 5.83. The number of rotatable bonds is 35. The highest BCUT2D eigenvalue weighted by atomic mass is 31.2. The molecule has 0 fully saturated rings. The van der Waals surface area contributed by atoms with Gasteiger partial charge in [0.2, 0.25) is 0 Å². The molecule has 0 aliphatic heterocycles. The predicted octanol–water partition coefficient (Wildman–Crippen LogP) is 8.73. The van der Waals surface area contributed by atoms with Crippen LogP contribution in [0.25, 0.3) is 0 Å². The highest BCUT2D eigenvalue weighted by Crippen LogP contribution is 2.36. The van der Waals surface area contributed by atoms with Crippen molar-refractivity contribution in [1.82, 2.24) is 0 Å². The largest absolute Gasteiger partial charge is 0.469 e. The van der Waals surface area contributed by atoms with Gasteiger partial charge in [-0.25, -0.2) is 4.57 Å². The maximum Gasteiger partial charge on any atom is 0.469 e. The Bertz CT molecular complexity index is 1070. The van der Waals surface area contributed by atoms with E-state index in [1.165, 1.54) is 63.9 Å². The fourth-order valence-electron chi connectivity index (χ4n) is 5.47. The summed E-state index contributed by atoms with van der Waals surface area (Å²) >= 11 is 0. The van der Waals surface area contributed by atoms with Crippen molar-refractivity contribution in [2.24, 2.45) is 5.92 Å². The lowest BCUT2D eigenvalue weighted by Crippen LogP contribution is -2.29. The van der Waals surface area contributed by atoms with E-state index in [0.29, 0.717) is 6.42 Å². The maximum atomic E-state index is 12.4. The fraction of sp³-hybridized carbons (Fsp3) is 0.756. The van der Waals surface area contributed by atoms with Crippen LogP contribution in [0.1, 0.15) is 156 Å². The van der Waals surface area contributed by atoms with Crippen molar-refractivity contribution in [3.8, 4) is 0 Å². The summed E-state index contributed by atoms with van der Waals surface area (Å²) in [6.45, 7) is 5.59. The summed E-state index contributed by atoms with van der Waals surface area (Å²) in [7, 11) is -4.84. The van der Waals surface area contributed by atoms with Gasteiger partial charge in [-0.1, -0.05) is 166 Å². The van der Waals surface area contributed by atoms with Gasteiger partial charge >= 0.3 is 19.8 Å². The molecule has 11 nitrogen and oxygen atoms in total. The molecular weight excluding hydrogens is 699 g/mol. The van der Waals surface area contributed by atoms with Gasteiger partial charge in [-0.05, 0) is 31.6 Å². The van der Waals surface area contributed by atoms with Gasteiger partial charge in [0.15, 0.2) is 6.10 Å². The van der Waals surface area contributed by atoms with E-state index in [1.807, 2.05) is 0 Å². The smallest absolute Gasteiger partial charge is 0.462 e. The van der Waals surface area contributed by atoms with Gasteiger partial charge in [0, 0.05) is 12.8 Å². The third-order valence-corrected chi connectivity index (χ3v) is 9.13. The SMILES string of the molecule is CCCCC[C@@H](O)/C=C/C=C\C=C\C=C\[C@@H](O)[C@H](O)CCCC(=O)OC[C@H](COP(=O)(O)O)OC(=O)CCCCCCCCCCCCCCC(C)C. The van der Waals surface area contributed by atoms with Crippen molar-refractivity contribution in [3.05, 3.63) is 48.6 Å². The first-order chi connectivity index (χ1) is 25.3. The van der Waals surface area contributed by atoms with Crippen LogP contribution in [0.2, 0.25) is 0 Å². The van der Waals surface area contributed by atoms with Crippen molar-refractivity contribution in [2.75, 3.05) is 13.2 Å². The lowest BCUT2D eigenvalue weighted by Gasteiger charge is -2.18. The first kappa shape index (κ1) is 50.9. The van der Waals surface area contributed by atoms with E-state index in [2.05, 4.69) is 25.3 Å². The first-order valence-corrected chi connectivity index (χ1v) is 21.6. The number of unbranched alkanes of at least 4 members (excludes halogenated alkanes) is 13. The van der Waals surface area contributed by atoms with E-state index in [0.717, 1.165) is 50.9 Å². The monoisotopic (exact) mass is 772 g/mol. The maximum absolute atomic E-state index is 12.4. The normalized spacial score (nSPS) is 14.9. The molecule has 12 heteroatoms. The number of aliphatic hydroxyl groups excluding tert-OH is 3. The lowest BCUT2D eigenvalue weighted by molar-refractivity contribution is -0.161. The van der Waals surface area contributed by atoms with Crippen molar-refractivity contribution in [2.45, 2.75) is 180 Å². The van der Waals surface area contributed by atoms with Crippen LogP contribution < -0.4 is 0 Å².